The Kier molecular flexibility index (Phi) is 11.2. The molecule has 1 aliphatic rings. The molecule has 10 nitrogen and oxygen atoms in total. The number of carboxylic acids is 1. The first kappa shape index (κ1) is 32.7. The molecular weight excluding hydrogens is 538 g/mol. The molecule has 0 spiro atoms. The van der Waals surface area contributed by atoms with Crippen LogP contribution in [0.1, 0.15) is 67.2 Å². The number of benzene rings is 1. The maximum absolute atomic E-state index is 14.0. The van der Waals surface area contributed by atoms with Crippen molar-refractivity contribution in [2.24, 2.45) is 11.8 Å². The maximum atomic E-state index is 14.0. The van der Waals surface area contributed by atoms with Gasteiger partial charge in [-0.3, -0.25) is 4.79 Å². The van der Waals surface area contributed by atoms with Gasteiger partial charge in [0.05, 0.1) is 19.3 Å². The monoisotopic (exact) mass is 583 g/mol. The van der Waals surface area contributed by atoms with Crippen molar-refractivity contribution in [2.75, 3.05) is 13.2 Å². The highest BCUT2D eigenvalue weighted by atomic mass is 16.6. The number of nitrogens with zero attached hydrogens (tertiary/aromatic N) is 2. The Morgan fingerprint density at radius 1 is 1.21 bits per heavy atom. The van der Waals surface area contributed by atoms with Crippen LogP contribution in [0.25, 0.3) is 10.8 Å². The van der Waals surface area contributed by atoms with Crippen LogP contribution in [-0.2, 0) is 14.3 Å². The van der Waals surface area contributed by atoms with E-state index >= 15 is 0 Å². The van der Waals surface area contributed by atoms with Crippen molar-refractivity contribution < 1.29 is 33.7 Å². The van der Waals surface area contributed by atoms with Crippen LogP contribution in [0.2, 0.25) is 0 Å². The average molecular weight is 584 g/mol. The van der Waals surface area contributed by atoms with E-state index in [0.717, 1.165) is 23.6 Å². The Morgan fingerprint density at radius 3 is 2.52 bits per heavy atom. The number of hydrogen-bond donors (Lipinski definition) is 2. The van der Waals surface area contributed by atoms with Gasteiger partial charge in [-0.05, 0) is 64.9 Å². The number of carbonyl (C=O) groups excluding carboxylic acids is 2. The number of allylic oxidation sites excluding steroid dienone is 1. The van der Waals surface area contributed by atoms with Gasteiger partial charge in [-0.1, -0.05) is 38.1 Å². The number of pyridine rings is 1. The normalized spacial score (nSPS) is 19.0. The summed E-state index contributed by atoms with van der Waals surface area (Å²) in [4.78, 5) is 44.9. The molecule has 2 heterocycles. The molecule has 0 aliphatic carbocycles. The minimum absolute atomic E-state index is 0.0320. The van der Waals surface area contributed by atoms with Crippen LogP contribution in [0.3, 0.4) is 0 Å². The van der Waals surface area contributed by atoms with E-state index < -0.39 is 41.8 Å². The van der Waals surface area contributed by atoms with Gasteiger partial charge in [-0.15, -0.1) is 6.58 Å². The topological polar surface area (TPSA) is 127 Å². The second kappa shape index (κ2) is 14.4. The second-order valence-corrected chi connectivity index (χ2v) is 12.0. The van der Waals surface area contributed by atoms with E-state index in [0.29, 0.717) is 24.7 Å². The molecule has 0 bridgehead atoms. The third kappa shape index (κ3) is 8.59. The number of likely N-dealkylation sites (tertiary alicyclic amines) is 1. The maximum Gasteiger partial charge on any atom is 0.408 e. The first-order chi connectivity index (χ1) is 19.8. The van der Waals surface area contributed by atoms with Gasteiger partial charge < -0.3 is 29.5 Å². The second-order valence-electron chi connectivity index (χ2n) is 12.0. The van der Waals surface area contributed by atoms with Crippen molar-refractivity contribution in [3.05, 3.63) is 43.1 Å². The molecule has 3 rings (SSSR count). The smallest absolute Gasteiger partial charge is 0.408 e. The molecule has 1 saturated heterocycles. The molecule has 1 aromatic heterocycles. The zero-order valence-electron chi connectivity index (χ0n) is 25.6. The highest BCUT2D eigenvalue weighted by Crippen LogP contribution is 2.33. The highest BCUT2D eigenvalue weighted by molar-refractivity contribution is 5.92. The standard InChI is InChI=1S/C32H45N3O7/c1-8-10-13-20(3)16-21(4)27(34-31(39)42-32(5,6)7)29(36)35-19-22(17-25(35)30(37)38)41-28-24-15-12-11-14-23(24)26(18-33-28)40-9-2/h8,11-12,14-15,18,20-22,25,27H,1,9-10,13,16-17,19H2,2-7H3,(H,34,39)(H,37,38)/t20?,21-,22-,25+,27+/m1/s1. The van der Waals surface area contributed by atoms with Crippen molar-refractivity contribution in [2.45, 2.75) is 91.0 Å². The van der Waals surface area contributed by atoms with Crippen molar-refractivity contribution in [1.29, 1.82) is 0 Å². The summed E-state index contributed by atoms with van der Waals surface area (Å²) in [6.07, 6.45) is 4.55. The van der Waals surface area contributed by atoms with Gasteiger partial charge in [0, 0.05) is 17.2 Å². The van der Waals surface area contributed by atoms with Crippen molar-refractivity contribution in [1.82, 2.24) is 15.2 Å². The SMILES string of the molecule is C=CCCC(C)C[C@@H](C)[C@H](NC(=O)OC(C)(C)C)C(=O)N1C[C@H](Oc2ncc(OCC)c3ccccc23)C[C@H]1C(=O)O. The molecule has 2 amide bonds. The number of carboxylic acid groups (broad SMARTS) is 1. The molecule has 1 unspecified atom stereocenters. The minimum Gasteiger partial charge on any atom is -0.492 e. The summed E-state index contributed by atoms with van der Waals surface area (Å²) in [6.45, 7) is 15.4. The van der Waals surface area contributed by atoms with E-state index in [4.69, 9.17) is 14.2 Å². The fourth-order valence-electron chi connectivity index (χ4n) is 5.38. The quantitative estimate of drug-likeness (QED) is 0.292. The summed E-state index contributed by atoms with van der Waals surface area (Å²) >= 11 is 0. The van der Waals surface area contributed by atoms with Crippen LogP contribution >= 0.6 is 0 Å². The number of carbonyl (C=O) groups is 3. The van der Waals surface area contributed by atoms with Gasteiger partial charge in [-0.25, -0.2) is 14.6 Å². The third-order valence-electron chi connectivity index (χ3n) is 7.28. The molecule has 10 heteroatoms. The molecule has 5 atom stereocenters. The highest BCUT2D eigenvalue weighted by Gasteiger charge is 2.45. The summed E-state index contributed by atoms with van der Waals surface area (Å²) < 4.78 is 17.4. The van der Waals surface area contributed by atoms with Crippen molar-refractivity contribution in [3.8, 4) is 11.6 Å². The predicted octanol–water partition coefficient (Wildman–Crippen LogP) is 5.59. The van der Waals surface area contributed by atoms with Gasteiger partial charge in [-0.2, -0.15) is 0 Å². The lowest BCUT2D eigenvalue weighted by atomic mass is 9.88. The molecule has 1 fully saturated rings. The van der Waals surface area contributed by atoms with Crippen molar-refractivity contribution >= 4 is 28.7 Å². The molecule has 2 aromatic rings. The van der Waals surface area contributed by atoms with E-state index in [2.05, 4.69) is 23.8 Å². The summed E-state index contributed by atoms with van der Waals surface area (Å²) in [5.41, 5.74) is -0.762. The molecule has 230 valence electrons. The summed E-state index contributed by atoms with van der Waals surface area (Å²) in [5, 5.41) is 14.4. The first-order valence-electron chi connectivity index (χ1n) is 14.6. The third-order valence-corrected chi connectivity index (χ3v) is 7.28. The molecule has 2 N–H and O–H groups in total. The Morgan fingerprint density at radius 2 is 1.90 bits per heavy atom. The van der Waals surface area contributed by atoms with Gasteiger partial charge >= 0.3 is 12.1 Å². The molecule has 1 aromatic carbocycles. The van der Waals surface area contributed by atoms with E-state index in [9.17, 15) is 19.5 Å². The summed E-state index contributed by atoms with van der Waals surface area (Å²) in [6, 6.07) is 5.43. The van der Waals surface area contributed by atoms with Crippen LogP contribution in [0.4, 0.5) is 4.79 Å². The number of aliphatic carboxylic acids is 1. The Bertz CT molecular complexity index is 1260. The van der Waals surface area contributed by atoms with E-state index in [-0.39, 0.29) is 24.8 Å². The lowest BCUT2D eigenvalue weighted by molar-refractivity contribution is -0.149. The summed E-state index contributed by atoms with van der Waals surface area (Å²) in [5.74, 6) is -0.673. The average Bonchev–Trinajstić information content (AvgIpc) is 3.35. The predicted molar refractivity (Wildman–Crippen MR) is 161 cm³/mol. The van der Waals surface area contributed by atoms with Crippen molar-refractivity contribution in [3.63, 3.8) is 0 Å². The molecule has 1 aliphatic heterocycles. The number of alkyl carbamates (subject to hydrolysis) is 1. The number of ether oxygens (including phenoxy) is 3. The summed E-state index contributed by atoms with van der Waals surface area (Å²) in [7, 11) is 0. The molecular formula is C32H45N3O7. The van der Waals surface area contributed by atoms with E-state index in [1.807, 2.05) is 44.2 Å². The van der Waals surface area contributed by atoms with Crippen LogP contribution in [-0.4, -0.2) is 69.9 Å². The minimum atomic E-state index is -1.14. The Hall–Kier alpha value is -3.82. The van der Waals surface area contributed by atoms with Crippen LogP contribution in [0.15, 0.2) is 43.1 Å². The van der Waals surface area contributed by atoms with Gasteiger partial charge in [0.1, 0.15) is 29.5 Å². The Labute approximate surface area is 248 Å². The zero-order chi connectivity index (χ0) is 31.0. The number of aromatic nitrogens is 1. The molecule has 0 saturated carbocycles. The number of hydrogen-bond acceptors (Lipinski definition) is 7. The van der Waals surface area contributed by atoms with Gasteiger partial charge in [0.15, 0.2) is 0 Å². The lowest BCUT2D eigenvalue weighted by Gasteiger charge is -2.32. The fraction of sp³-hybridized carbons (Fsp3) is 0.562. The molecule has 42 heavy (non-hydrogen) atoms. The first-order valence-corrected chi connectivity index (χ1v) is 14.6. The van der Waals surface area contributed by atoms with E-state index in [1.54, 1.807) is 27.0 Å². The van der Waals surface area contributed by atoms with Crippen LogP contribution < -0.4 is 14.8 Å². The van der Waals surface area contributed by atoms with Crippen LogP contribution in [0.5, 0.6) is 11.6 Å². The van der Waals surface area contributed by atoms with E-state index in [1.165, 1.54) is 4.90 Å². The van der Waals surface area contributed by atoms with Gasteiger partial charge in [0.2, 0.25) is 11.8 Å². The largest absolute Gasteiger partial charge is 0.492 e. The number of rotatable bonds is 13. The Balaban J connectivity index is 1.85. The number of amides is 2. The lowest BCUT2D eigenvalue weighted by Crippen LogP contribution is -2.55. The fourth-order valence-corrected chi connectivity index (χ4v) is 5.38. The zero-order valence-corrected chi connectivity index (χ0v) is 25.6. The van der Waals surface area contributed by atoms with Crippen LogP contribution in [0, 0.1) is 11.8 Å². The van der Waals surface area contributed by atoms with Gasteiger partial charge in [0.25, 0.3) is 0 Å². The number of fused-ring (bicyclic) bond motifs is 1. The molecule has 0 radical (unpaired) electrons. The number of nitrogens with one attached hydrogen (secondary N) is 1.